The first-order valence-electron chi connectivity index (χ1n) is 5.00. The van der Waals surface area contributed by atoms with Crippen molar-refractivity contribution in [3.8, 4) is 0 Å². The van der Waals surface area contributed by atoms with Crippen LogP contribution in [0.15, 0.2) is 0 Å². The summed E-state index contributed by atoms with van der Waals surface area (Å²) < 4.78 is 10.4. The van der Waals surface area contributed by atoms with E-state index in [0.717, 1.165) is 4.90 Å². The van der Waals surface area contributed by atoms with Gasteiger partial charge >= 0.3 is 6.09 Å². The molecule has 1 fully saturated rings. The van der Waals surface area contributed by atoms with E-state index in [1.807, 2.05) is 6.92 Å². The lowest BCUT2D eigenvalue weighted by Gasteiger charge is -2.14. The number of carbonyl (C=O) groups is 1. The SMILES string of the molecule is CCOCCOC1CN(C(=O)O)CC1O. The quantitative estimate of drug-likeness (QED) is 0.624. The molecule has 1 aliphatic heterocycles. The maximum atomic E-state index is 10.6. The minimum absolute atomic E-state index is 0.120. The number of likely N-dealkylation sites (tertiary alicyclic amines) is 1. The number of aliphatic hydroxyl groups excluding tert-OH is 1. The molecular weight excluding hydrogens is 202 g/mol. The molecule has 2 N–H and O–H groups in total. The molecule has 1 heterocycles. The number of carboxylic acid groups (broad SMARTS) is 1. The van der Waals surface area contributed by atoms with E-state index in [4.69, 9.17) is 14.6 Å². The van der Waals surface area contributed by atoms with E-state index >= 15 is 0 Å². The van der Waals surface area contributed by atoms with Crippen LogP contribution in [-0.4, -0.2) is 66.3 Å². The van der Waals surface area contributed by atoms with Crippen molar-refractivity contribution in [1.29, 1.82) is 0 Å². The van der Waals surface area contributed by atoms with Gasteiger partial charge in [-0.05, 0) is 6.92 Å². The number of ether oxygens (including phenoxy) is 2. The van der Waals surface area contributed by atoms with E-state index in [2.05, 4.69) is 0 Å². The Bertz CT molecular complexity index is 211. The highest BCUT2D eigenvalue weighted by Gasteiger charge is 2.34. The molecule has 1 amide bonds. The van der Waals surface area contributed by atoms with Crippen LogP contribution in [0.4, 0.5) is 4.79 Å². The summed E-state index contributed by atoms with van der Waals surface area (Å²) in [6.45, 7) is 3.70. The molecule has 15 heavy (non-hydrogen) atoms. The van der Waals surface area contributed by atoms with Gasteiger partial charge in [0.05, 0.1) is 32.4 Å². The highest BCUT2D eigenvalue weighted by molar-refractivity contribution is 5.65. The Kier molecular flexibility index (Phi) is 4.80. The van der Waals surface area contributed by atoms with Crippen LogP contribution in [0.2, 0.25) is 0 Å². The summed E-state index contributed by atoms with van der Waals surface area (Å²) in [5.41, 5.74) is 0. The van der Waals surface area contributed by atoms with Gasteiger partial charge in [0, 0.05) is 6.61 Å². The standard InChI is InChI=1S/C9H17NO5/c1-2-14-3-4-15-8-6-10(9(12)13)5-7(8)11/h7-8,11H,2-6H2,1H3,(H,12,13). The molecule has 88 valence electrons. The number of amides is 1. The number of nitrogens with zero attached hydrogens (tertiary/aromatic N) is 1. The van der Waals surface area contributed by atoms with Crippen molar-refractivity contribution in [2.45, 2.75) is 19.1 Å². The van der Waals surface area contributed by atoms with E-state index in [-0.39, 0.29) is 13.1 Å². The third kappa shape index (κ3) is 3.65. The van der Waals surface area contributed by atoms with Gasteiger partial charge in [-0.15, -0.1) is 0 Å². The van der Waals surface area contributed by atoms with E-state index in [0.29, 0.717) is 19.8 Å². The molecule has 2 unspecified atom stereocenters. The molecule has 1 aliphatic rings. The second-order valence-electron chi connectivity index (χ2n) is 3.36. The molecule has 0 aromatic rings. The topological polar surface area (TPSA) is 79.2 Å². The molecule has 6 nitrogen and oxygen atoms in total. The fourth-order valence-electron chi connectivity index (χ4n) is 1.48. The first-order valence-corrected chi connectivity index (χ1v) is 5.00. The van der Waals surface area contributed by atoms with Crippen molar-refractivity contribution in [2.75, 3.05) is 32.9 Å². The van der Waals surface area contributed by atoms with Gasteiger partial charge in [-0.3, -0.25) is 0 Å². The molecule has 0 aromatic heterocycles. The Morgan fingerprint density at radius 2 is 2.20 bits per heavy atom. The van der Waals surface area contributed by atoms with Crippen LogP contribution in [0.1, 0.15) is 6.92 Å². The molecule has 1 rings (SSSR count). The minimum Gasteiger partial charge on any atom is -0.465 e. The third-order valence-electron chi connectivity index (χ3n) is 2.27. The smallest absolute Gasteiger partial charge is 0.407 e. The fourth-order valence-corrected chi connectivity index (χ4v) is 1.48. The summed E-state index contributed by atoms with van der Waals surface area (Å²) in [6, 6.07) is 0. The van der Waals surface area contributed by atoms with Crippen LogP contribution in [0.3, 0.4) is 0 Å². The second-order valence-corrected chi connectivity index (χ2v) is 3.36. The van der Waals surface area contributed by atoms with Crippen molar-refractivity contribution in [3.05, 3.63) is 0 Å². The molecule has 6 heteroatoms. The van der Waals surface area contributed by atoms with Gasteiger partial charge in [0.2, 0.25) is 0 Å². The number of rotatable bonds is 5. The molecule has 1 saturated heterocycles. The van der Waals surface area contributed by atoms with Gasteiger partial charge in [0.1, 0.15) is 6.10 Å². The van der Waals surface area contributed by atoms with Crippen LogP contribution in [0.5, 0.6) is 0 Å². The average molecular weight is 219 g/mol. The zero-order valence-electron chi connectivity index (χ0n) is 8.76. The number of hydrogen-bond acceptors (Lipinski definition) is 4. The van der Waals surface area contributed by atoms with Crippen molar-refractivity contribution < 1.29 is 24.5 Å². The van der Waals surface area contributed by atoms with Crippen LogP contribution in [0.25, 0.3) is 0 Å². The third-order valence-corrected chi connectivity index (χ3v) is 2.27. The summed E-state index contributed by atoms with van der Waals surface area (Å²) >= 11 is 0. The summed E-state index contributed by atoms with van der Waals surface area (Å²) in [4.78, 5) is 11.8. The monoisotopic (exact) mass is 219 g/mol. The highest BCUT2D eigenvalue weighted by Crippen LogP contribution is 2.13. The molecule has 0 saturated carbocycles. The minimum atomic E-state index is -1.02. The van der Waals surface area contributed by atoms with Gasteiger partial charge in [-0.1, -0.05) is 0 Å². The summed E-state index contributed by atoms with van der Waals surface area (Å²) in [7, 11) is 0. The van der Waals surface area contributed by atoms with E-state index < -0.39 is 18.3 Å². The Morgan fingerprint density at radius 3 is 2.73 bits per heavy atom. The van der Waals surface area contributed by atoms with Crippen molar-refractivity contribution in [2.24, 2.45) is 0 Å². The Balaban J connectivity index is 2.22. The molecule has 0 bridgehead atoms. The van der Waals surface area contributed by atoms with Gasteiger partial charge < -0.3 is 24.6 Å². The predicted octanol–water partition coefficient (Wildman–Crippen LogP) is -0.237. The number of hydrogen-bond donors (Lipinski definition) is 2. The van der Waals surface area contributed by atoms with Gasteiger partial charge in [0.25, 0.3) is 0 Å². The lowest BCUT2D eigenvalue weighted by atomic mass is 10.3. The lowest BCUT2D eigenvalue weighted by Crippen LogP contribution is -2.29. The van der Waals surface area contributed by atoms with Crippen LogP contribution in [0, 0.1) is 0 Å². The zero-order chi connectivity index (χ0) is 11.3. The van der Waals surface area contributed by atoms with E-state index in [1.54, 1.807) is 0 Å². The van der Waals surface area contributed by atoms with Crippen molar-refractivity contribution >= 4 is 6.09 Å². The largest absolute Gasteiger partial charge is 0.465 e. The highest BCUT2D eigenvalue weighted by atomic mass is 16.5. The molecule has 2 atom stereocenters. The zero-order valence-corrected chi connectivity index (χ0v) is 8.76. The van der Waals surface area contributed by atoms with Crippen molar-refractivity contribution in [1.82, 2.24) is 4.90 Å². The molecule has 0 aromatic carbocycles. The maximum absolute atomic E-state index is 10.6. The van der Waals surface area contributed by atoms with Crippen LogP contribution >= 0.6 is 0 Å². The van der Waals surface area contributed by atoms with E-state index in [9.17, 15) is 9.90 Å². The van der Waals surface area contributed by atoms with Gasteiger partial charge in [0.15, 0.2) is 0 Å². The summed E-state index contributed by atoms with van der Waals surface area (Å²) in [5.74, 6) is 0. The maximum Gasteiger partial charge on any atom is 0.407 e. The van der Waals surface area contributed by atoms with Crippen LogP contribution < -0.4 is 0 Å². The summed E-state index contributed by atoms with van der Waals surface area (Å²) in [6.07, 6.45) is -2.19. The molecular formula is C9H17NO5. The lowest BCUT2D eigenvalue weighted by molar-refractivity contribution is -0.0318. The van der Waals surface area contributed by atoms with Gasteiger partial charge in [-0.25, -0.2) is 4.79 Å². The molecule has 0 spiro atoms. The Labute approximate surface area is 88.4 Å². The first-order chi connectivity index (χ1) is 7.15. The van der Waals surface area contributed by atoms with Crippen LogP contribution in [-0.2, 0) is 9.47 Å². The Morgan fingerprint density at radius 1 is 1.47 bits per heavy atom. The number of β-amino-alcohol motifs (C(OH)–C–C–N with tert-alkyl or cyclic N) is 1. The predicted molar refractivity (Wildman–Crippen MR) is 51.8 cm³/mol. The number of aliphatic hydroxyl groups is 1. The second kappa shape index (κ2) is 5.89. The fraction of sp³-hybridized carbons (Fsp3) is 0.889. The normalized spacial score (nSPS) is 25.9. The first kappa shape index (κ1) is 12.2. The molecule has 0 radical (unpaired) electrons. The Hall–Kier alpha value is -0.850. The average Bonchev–Trinajstić information content (AvgIpc) is 2.55. The van der Waals surface area contributed by atoms with E-state index in [1.165, 1.54) is 0 Å². The molecule has 0 aliphatic carbocycles. The summed E-state index contributed by atoms with van der Waals surface area (Å²) in [5, 5.41) is 18.2. The van der Waals surface area contributed by atoms with Crippen molar-refractivity contribution in [3.63, 3.8) is 0 Å². The van der Waals surface area contributed by atoms with Gasteiger partial charge in [-0.2, -0.15) is 0 Å².